The molecule has 2 aromatic rings. The Kier molecular flexibility index (Phi) is 5.18. The number of ether oxygens (including phenoxy) is 2. The number of ketones is 1. The average molecular weight is 338 g/mol. The molecule has 0 saturated carbocycles. The number of benzene rings is 2. The van der Waals surface area contributed by atoms with Crippen LogP contribution in [0.1, 0.15) is 20.7 Å². The molecule has 0 radical (unpaired) electrons. The molecule has 0 aliphatic carbocycles. The van der Waals surface area contributed by atoms with Gasteiger partial charge in [0.05, 0.1) is 18.2 Å². The first kappa shape index (κ1) is 16.8. The van der Waals surface area contributed by atoms with Crippen molar-refractivity contribution in [1.82, 2.24) is 0 Å². The van der Waals surface area contributed by atoms with E-state index < -0.39 is 24.1 Å². The molecule has 0 aliphatic rings. The number of rotatable bonds is 6. The zero-order valence-corrected chi connectivity index (χ0v) is 12.9. The van der Waals surface area contributed by atoms with Gasteiger partial charge in [-0.2, -0.15) is 0 Å². The van der Waals surface area contributed by atoms with E-state index in [-0.39, 0.29) is 22.6 Å². The zero-order chi connectivity index (χ0) is 17.0. The van der Waals surface area contributed by atoms with Crippen molar-refractivity contribution >= 4 is 23.3 Å². The summed E-state index contributed by atoms with van der Waals surface area (Å²) in [5, 5.41) is 0.310. The van der Waals surface area contributed by atoms with E-state index in [0.29, 0.717) is 5.02 Å². The molecule has 0 unspecified atom stereocenters. The van der Waals surface area contributed by atoms with Gasteiger partial charge in [0.25, 0.3) is 5.91 Å². The molecule has 2 N–H and O–H groups in total. The van der Waals surface area contributed by atoms with Crippen molar-refractivity contribution in [1.29, 1.82) is 0 Å². The van der Waals surface area contributed by atoms with Gasteiger partial charge in [-0.1, -0.05) is 11.6 Å². The van der Waals surface area contributed by atoms with Crippen LogP contribution in [0, 0.1) is 5.82 Å². The number of hydrogen-bond donors (Lipinski definition) is 1. The lowest BCUT2D eigenvalue weighted by atomic mass is 10.1. The number of carbonyl (C=O) groups is 2. The lowest BCUT2D eigenvalue weighted by molar-refractivity contribution is 0.0909. The summed E-state index contributed by atoms with van der Waals surface area (Å²) in [7, 11) is 1.37. The van der Waals surface area contributed by atoms with Crippen LogP contribution < -0.4 is 15.2 Å². The summed E-state index contributed by atoms with van der Waals surface area (Å²) >= 11 is 5.79. The zero-order valence-electron chi connectivity index (χ0n) is 12.1. The SMILES string of the molecule is COc1ccc(F)cc1C(=O)COc1ccc(Cl)cc1C(N)=O. The number of primary amides is 1. The standard InChI is InChI=1S/C16H13ClFNO4/c1-22-14-5-3-10(18)7-11(14)13(20)8-23-15-4-2-9(17)6-12(15)16(19)21/h2-7H,8H2,1H3,(H2,19,21). The van der Waals surface area contributed by atoms with Crippen LogP contribution in [0.5, 0.6) is 11.5 Å². The van der Waals surface area contributed by atoms with E-state index in [2.05, 4.69) is 0 Å². The van der Waals surface area contributed by atoms with Gasteiger partial charge >= 0.3 is 0 Å². The van der Waals surface area contributed by atoms with Gasteiger partial charge in [-0.05, 0) is 36.4 Å². The Bertz CT molecular complexity index is 764. The van der Waals surface area contributed by atoms with E-state index in [1.807, 2.05) is 0 Å². The van der Waals surface area contributed by atoms with Gasteiger partial charge in [0.2, 0.25) is 5.78 Å². The van der Waals surface area contributed by atoms with E-state index >= 15 is 0 Å². The molecule has 0 heterocycles. The smallest absolute Gasteiger partial charge is 0.252 e. The van der Waals surface area contributed by atoms with Crippen molar-refractivity contribution in [2.75, 3.05) is 13.7 Å². The van der Waals surface area contributed by atoms with E-state index in [0.717, 1.165) is 6.07 Å². The lowest BCUT2D eigenvalue weighted by Crippen LogP contribution is -2.17. The van der Waals surface area contributed by atoms with Gasteiger partial charge in [-0.15, -0.1) is 0 Å². The average Bonchev–Trinajstić information content (AvgIpc) is 2.53. The molecule has 5 nitrogen and oxygen atoms in total. The third-order valence-electron chi connectivity index (χ3n) is 3.03. The quantitative estimate of drug-likeness (QED) is 0.822. The molecule has 7 heteroatoms. The molecule has 2 aromatic carbocycles. The molecular formula is C16H13ClFNO4. The Morgan fingerprint density at radius 3 is 2.48 bits per heavy atom. The first-order valence-corrected chi connectivity index (χ1v) is 6.89. The van der Waals surface area contributed by atoms with Crippen LogP contribution in [0.4, 0.5) is 4.39 Å². The third-order valence-corrected chi connectivity index (χ3v) is 3.26. The van der Waals surface area contributed by atoms with E-state index in [1.54, 1.807) is 0 Å². The number of nitrogens with two attached hydrogens (primary N) is 1. The van der Waals surface area contributed by atoms with Gasteiger partial charge in [0, 0.05) is 5.02 Å². The molecule has 0 fully saturated rings. The number of methoxy groups -OCH3 is 1. The maximum Gasteiger partial charge on any atom is 0.252 e. The van der Waals surface area contributed by atoms with Crippen molar-refractivity contribution < 1.29 is 23.5 Å². The predicted octanol–water partition coefficient (Wildman–Crippen LogP) is 2.85. The van der Waals surface area contributed by atoms with Crippen LogP contribution >= 0.6 is 11.6 Å². The van der Waals surface area contributed by atoms with Crippen molar-refractivity contribution in [2.45, 2.75) is 0 Å². The molecule has 1 amide bonds. The molecular weight excluding hydrogens is 325 g/mol. The number of hydrogen-bond acceptors (Lipinski definition) is 4. The van der Waals surface area contributed by atoms with Crippen LogP contribution in [-0.2, 0) is 0 Å². The second kappa shape index (κ2) is 7.11. The number of carbonyl (C=O) groups excluding carboxylic acids is 2. The van der Waals surface area contributed by atoms with E-state index in [4.69, 9.17) is 26.8 Å². The molecule has 0 spiro atoms. The monoisotopic (exact) mass is 337 g/mol. The molecule has 0 atom stereocenters. The first-order valence-electron chi connectivity index (χ1n) is 6.51. The van der Waals surface area contributed by atoms with Gasteiger partial charge in [0.15, 0.2) is 6.61 Å². The highest BCUT2D eigenvalue weighted by atomic mass is 35.5. The molecule has 23 heavy (non-hydrogen) atoms. The summed E-state index contributed by atoms with van der Waals surface area (Å²) in [6, 6.07) is 7.85. The fourth-order valence-electron chi connectivity index (χ4n) is 1.94. The Hall–Kier alpha value is -2.60. The van der Waals surface area contributed by atoms with Crippen molar-refractivity contribution in [3.8, 4) is 11.5 Å². The van der Waals surface area contributed by atoms with Crippen LogP contribution in [0.3, 0.4) is 0 Å². The Morgan fingerprint density at radius 2 is 1.83 bits per heavy atom. The van der Waals surface area contributed by atoms with Crippen LogP contribution in [0.2, 0.25) is 5.02 Å². The second-order valence-corrected chi connectivity index (χ2v) is 5.00. The predicted molar refractivity (Wildman–Crippen MR) is 82.7 cm³/mol. The van der Waals surface area contributed by atoms with Crippen LogP contribution in [-0.4, -0.2) is 25.4 Å². The minimum atomic E-state index is -0.738. The third kappa shape index (κ3) is 3.98. The second-order valence-electron chi connectivity index (χ2n) is 4.56. The van der Waals surface area contributed by atoms with Crippen molar-refractivity contribution in [3.05, 3.63) is 58.4 Å². The topological polar surface area (TPSA) is 78.6 Å². The summed E-state index contributed by atoms with van der Waals surface area (Å²) in [5.41, 5.74) is 5.33. The maximum atomic E-state index is 13.3. The van der Waals surface area contributed by atoms with Crippen molar-refractivity contribution in [3.63, 3.8) is 0 Å². The molecule has 0 saturated heterocycles. The minimum Gasteiger partial charge on any atom is -0.496 e. The highest BCUT2D eigenvalue weighted by Gasteiger charge is 2.16. The fourth-order valence-corrected chi connectivity index (χ4v) is 2.11. The number of Topliss-reactive ketones (excluding diaryl/α,β-unsaturated/α-hetero) is 1. The first-order chi connectivity index (χ1) is 10.9. The van der Waals surface area contributed by atoms with E-state index in [1.165, 1.54) is 37.4 Å². The summed E-state index contributed by atoms with van der Waals surface area (Å²) in [4.78, 5) is 23.5. The highest BCUT2D eigenvalue weighted by molar-refractivity contribution is 6.31. The molecule has 120 valence electrons. The largest absolute Gasteiger partial charge is 0.496 e. The highest BCUT2D eigenvalue weighted by Crippen LogP contribution is 2.24. The van der Waals surface area contributed by atoms with Crippen molar-refractivity contribution in [2.24, 2.45) is 5.73 Å². The number of amides is 1. The normalized spacial score (nSPS) is 10.2. The maximum absolute atomic E-state index is 13.3. The van der Waals surface area contributed by atoms with Gasteiger partial charge in [0.1, 0.15) is 17.3 Å². The molecule has 2 rings (SSSR count). The van der Waals surface area contributed by atoms with E-state index in [9.17, 15) is 14.0 Å². The summed E-state index contributed by atoms with van der Waals surface area (Å²) in [6.07, 6.45) is 0. The Morgan fingerprint density at radius 1 is 1.13 bits per heavy atom. The van der Waals surface area contributed by atoms with Crippen LogP contribution in [0.15, 0.2) is 36.4 Å². The molecule has 0 aliphatic heterocycles. The lowest BCUT2D eigenvalue weighted by Gasteiger charge is -2.11. The Labute approximate surface area is 136 Å². The van der Waals surface area contributed by atoms with Crippen LogP contribution in [0.25, 0.3) is 0 Å². The fraction of sp³-hybridized carbons (Fsp3) is 0.125. The van der Waals surface area contributed by atoms with Gasteiger partial charge < -0.3 is 15.2 Å². The van der Waals surface area contributed by atoms with Gasteiger partial charge in [-0.3, -0.25) is 9.59 Å². The summed E-state index contributed by atoms with van der Waals surface area (Å²) in [5.74, 6) is -1.47. The minimum absolute atomic E-state index is 0.0436. The molecule has 0 bridgehead atoms. The van der Waals surface area contributed by atoms with Gasteiger partial charge in [-0.25, -0.2) is 4.39 Å². The summed E-state index contributed by atoms with van der Waals surface area (Å²) < 4.78 is 23.6. The Balaban J connectivity index is 2.20. The summed E-state index contributed by atoms with van der Waals surface area (Å²) in [6.45, 7) is -0.415. The number of halogens is 2. The molecule has 0 aromatic heterocycles.